The maximum atomic E-state index is 13.5. The summed E-state index contributed by atoms with van der Waals surface area (Å²) >= 11 is 0. The van der Waals surface area contributed by atoms with E-state index in [9.17, 15) is 13.6 Å². The fraction of sp³-hybridized carbons (Fsp3) is 0.458. The molecule has 2 heterocycles. The van der Waals surface area contributed by atoms with Gasteiger partial charge in [-0.2, -0.15) is 0 Å². The minimum atomic E-state index is -1.01. The molecule has 160 valence electrons. The van der Waals surface area contributed by atoms with Crippen molar-refractivity contribution < 1.29 is 13.6 Å². The lowest BCUT2D eigenvalue weighted by molar-refractivity contribution is 0.0924. The minimum Gasteiger partial charge on any atom is -0.374 e. The van der Waals surface area contributed by atoms with Gasteiger partial charge in [0.15, 0.2) is 11.6 Å². The van der Waals surface area contributed by atoms with E-state index in [-0.39, 0.29) is 17.5 Å². The number of halogens is 2. The SMILES string of the molecule is CN1CCCc2cc([C@H](CNC(=O)c3ccc(F)c(F)c3)N3CCCCC3)ccc21. The monoisotopic (exact) mass is 413 g/mol. The number of carbonyl (C=O) groups excluding carboxylic acids is 1. The van der Waals surface area contributed by atoms with Crippen molar-refractivity contribution in [1.82, 2.24) is 10.2 Å². The number of benzene rings is 2. The van der Waals surface area contributed by atoms with Crippen LogP contribution in [0.4, 0.5) is 14.5 Å². The van der Waals surface area contributed by atoms with Crippen LogP contribution in [-0.2, 0) is 6.42 Å². The van der Waals surface area contributed by atoms with Gasteiger partial charge in [-0.1, -0.05) is 18.6 Å². The maximum absolute atomic E-state index is 13.5. The molecule has 0 radical (unpaired) electrons. The summed E-state index contributed by atoms with van der Waals surface area (Å²) in [6.45, 7) is 3.52. The highest BCUT2D eigenvalue weighted by molar-refractivity contribution is 5.94. The molecule has 2 aromatic carbocycles. The van der Waals surface area contributed by atoms with Crippen LogP contribution in [0.15, 0.2) is 36.4 Å². The smallest absolute Gasteiger partial charge is 0.251 e. The van der Waals surface area contributed by atoms with E-state index in [2.05, 4.69) is 40.4 Å². The Morgan fingerprint density at radius 2 is 1.80 bits per heavy atom. The van der Waals surface area contributed by atoms with Gasteiger partial charge in [0.05, 0.1) is 6.04 Å². The number of hydrogen-bond acceptors (Lipinski definition) is 3. The molecule has 2 aliphatic rings. The van der Waals surface area contributed by atoms with E-state index < -0.39 is 11.6 Å². The van der Waals surface area contributed by atoms with Gasteiger partial charge in [-0.05, 0) is 74.2 Å². The molecule has 0 bridgehead atoms. The summed E-state index contributed by atoms with van der Waals surface area (Å²) < 4.78 is 26.7. The summed E-state index contributed by atoms with van der Waals surface area (Å²) in [4.78, 5) is 17.3. The number of amides is 1. The fourth-order valence-corrected chi connectivity index (χ4v) is 4.63. The fourth-order valence-electron chi connectivity index (χ4n) is 4.63. The second-order valence-corrected chi connectivity index (χ2v) is 8.36. The molecule has 0 spiro atoms. The number of anilines is 1. The van der Waals surface area contributed by atoms with Crippen molar-refractivity contribution >= 4 is 11.6 Å². The first-order valence-corrected chi connectivity index (χ1v) is 10.8. The molecule has 1 N–H and O–H groups in total. The van der Waals surface area contributed by atoms with Crippen molar-refractivity contribution in [2.75, 3.05) is 38.1 Å². The molecule has 1 fully saturated rings. The molecular weight excluding hydrogens is 384 g/mol. The molecule has 2 aromatic rings. The van der Waals surface area contributed by atoms with Gasteiger partial charge in [-0.15, -0.1) is 0 Å². The molecule has 1 atom stereocenters. The molecule has 1 saturated heterocycles. The quantitative estimate of drug-likeness (QED) is 0.794. The first-order valence-electron chi connectivity index (χ1n) is 10.8. The summed E-state index contributed by atoms with van der Waals surface area (Å²) in [5.74, 6) is -2.33. The van der Waals surface area contributed by atoms with Crippen LogP contribution >= 0.6 is 0 Å². The Morgan fingerprint density at radius 3 is 2.57 bits per heavy atom. The number of nitrogens with one attached hydrogen (secondary N) is 1. The number of fused-ring (bicyclic) bond motifs is 1. The van der Waals surface area contributed by atoms with Crippen LogP contribution in [0.25, 0.3) is 0 Å². The highest BCUT2D eigenvalue weighted by Crippen LogP contribution is 2.31. The van der Waals surface area contributed by atoms with Crippen LogP contribution < -0.4 is 10.2 Å². The zero-order valence-corrected chi connectivity index (χ0v) is 17.5. The second kappa shape index (κ2) is 9.13. The van der Waals surface area contributed by atoms with E-state index in [1.54, 1.807) is 0 Å². The lowest BCUT2D eigenvalue weighted by Crippen LogP contribution is -2.40. The van der Waals surface area contributed by atoms with E-state index in [0.29, 0.717) is 6.54 Å². The first-order chi connectivity index (χ1) is 14.5. The standard InChI is InChI=1S/C24H29F2N3O/c1-28-11-5-6-17-14-18(8-10-22(17)28)23(29-12-3-2-4-13-29)16-27-24(30)19-7-9-20(25)21(26)15-19/h7-10,14-15,23H,2-6,11-13,16H2,1H3,(H,27,30)/t23-/m0/s1. The highest BCUT2D eigenvalue weighted by atomic mass is 19.2. The number of aryl methyl sites for hydroxylation is 1. The van der Waals surface area contributed by atoms with Crippen molar-refractivity contribution in [3.8, 4) is 0 Å². The largest absolute Gasteiger partial charge is 0.374 e. The number of carbonyl (C=O) groups is 1. The Morgan fingerprint density at radius 1 is 1.00 bits per heavy atom. The van der Waals surface area contributed by atoms with Crippen LogP contribution in [0.3, 0.4) is 0 Å². The van der Waals surface area contributed by atoms with Crippen LogP contribution in [0.1, 0.15) is 53.2 Å². The van der Waals surface area contributed by atoms with Gasteiger partial charge in [0.25, 0.3) is 5.91 Å². The number of rotatable bonds is 5. The number of likely N-dealkylation sites (tertiary alicyclic amines) is 1. The second-order valence-electron chi connectivity index (χ2n) is 8.36. The molecule has 4 rings (SSSR count). The molecular formula is C24H29F2N3O. The molecule has 0 unspecified atom stereocenters. The Labute approximate surface area is 176 Å². The molecule has 0 aromatic heterocycles. The van der Waals surface area contributed by atoms with Crippen LogP contribution in [0, 0.1) is 11.6 Å². The van der Waals surface area contributed by atoms with Gasteiger partial charge < -0.3 is 10.2 Å². The zero-order chi connectivity index (χ0) is 21.1. The molecule has 4 nitrogen and oxygen atoms in total. The predicted octanol–water partition coefficient (Wildman–Crippen LogP) is 4.30. The number of nitrogens with zero attached hydrogens (tertiary/aromatic N) is 2. The van der Waals surface area contributed by atoms with Gasteiger partial charge >= 0.3 is 0 Å². The molecule has 2 aliphatic heterocycles. The summed E-state index contributed by atoms with van der Waals surface area (Å²) in [7, 11) is 2.13. The van der Waals surface area contributed by atoms with Crippen molar-refractivity contribution in [2.45, 2.75) is 38.1 Å². The third-order valence-electron chi connectivity index (χ3n) is 6.31. The van der Waals surface area contributed by atoms with Crippen LogP contribution in [-0.4, -0.2) is 44.0 Å². The topological polar surface area (TPSA) is 35.6 Å². The Bertz CT molecular complexity index is 911. The van der Waals surface area contributed by atoms with E-state index in [4.69, 9.17) is 0 Å². The normalized spacial score (nSPS) is 18.0. The third kappa shape index (κ3) is 4.48. The summed E-state index contributed by atoms with van der Waals surface area (Å²) in [6.07, 6.45) is 5.76. The molecule has 0 aliphatic carbocycles. The van der Waals surface area contributed by atoms with Crippen molar-refractivity contribution in [2.24, 2.45) is 0 Å². The molecule has 6 heteroatoms. The number of piperidine rings is 1. The highest BCUT2D eigenvalue weighted by Gasteiger charge is 2.25. The van der Waals surface area contributed by atoms with Crippen LogP contribution in [0.2, 0.25) is 0 Å². The van der Waals surface area contributed by atoms with Crippen molar-refractivity contribution in [1.29, 1.82) is 0 Å². The van der Waals surface area contributed by atoms with Gasteiger partial charge in [-0.25, -0.2) is 8.78 Å². The van der Waals surface area contributed by atoms with Crippen molar-refractivity contribution in [3.63, 3.8) is 0 Å². The lowest BCUT2D eigenvalue weighted by Gasteiger charge is -2.36. The van der Waals surface area contributed by atoms with E-state index in [1.807, 2.05) is 0 Å². The molecule has 1 amide bonds. The zero-order valence-electron chi connectivity index (χ0n) is 17.5. The average molecular weight is 414 g/mol. The summed E-state index contributed by atoms with van der Waals surface area (Å²) in [5.41, 5.74) is 3.98. The van der Waals surface area contributed by atoms with E-state index in [1.165, 1.54) is 29.3 Å². The van der Waals surface area contributed by atoms with Gasteiger partial charge in [0.2, 0.25) is 0 Å². The molecule has 0 saturated carbocycles. The first kappa shape index (κ1) is 20.8. The maximum Gasteiger partial charge on any atom is 0.251 e. The predicted molar refractivity (Wildman–Crippen MR) is 115 cm³/mol. The Balaban J connectivity index is 1.54. The van der Waals surface area contributed by atoms with Crippen LogP contribution in [0.5, 0.6) is 0 Å². The van der Waals surface area contributed by atoms with Gasteiger partial charge in [0.1, 0.15) is 0 Å². The Kier molecular flexibility index (Phi) is 6.32. The minimum absolute atomic E-state index is 0.0667. The summed E-state index contributed by atoms with van der Waals surface area (Å²) in [5, 5.41) is 2.95. The van der Waals surface area contributed by atoms with Crippen molar-refractivity contribution in [3.05, 3.63) is 64.7 Å². The van der Waals surface area contributed by atoms with E-state index in [0.717, 1.165) is 57.5 Å². The van der Waals surface area contributed by atoms with Gasteiger partial charge in [0, 0.05) is 31.4 Å². The average Bonchev–Trinajstić information content (AvgIpc) is 2.76. The Hall–Kier alpha value is -2.47. The molecule has 30 heavy (non-hydrogen) atoms. The van der Waals surface area contributed by atoms with Gasteiger partial charge in [-0.3, -0.25) is 9.69 Å². The summed E-state index contributed by atoms with van der Waals surface area (Å²) in [6, 6.07) is 9.98. The third-order valence-corrected chi connectivity index (χ3v) is 6.31. The number of hydrogen-bond donors (Lipinski definition) is 1. The van der Waals surface area contributed by atoms with E-state index >= 15 is 0 Å². The lowest BCUT2D eigenvalue weighted by atomic mass is 9.95.